The van der Waals surface area contributed by atoms with Crippen LogP contribution in [0.15, 0.2) is 84.9 Å². The van der Waals surface area contributed by atoms with E-state index in [1.165, 1.54) is 0 Å². The van der Waals surface area contributed by atoms with Crippen LogP contribution in [0.5, 0.6) is 0 Å². The molecule has 1 saturated heterocycles. The van der Waals surface area contributed by atoms with Crippen molar-refractivity contribution >= 4 is 29.1 Å². The number of piperidine rings is 1. The maximum Gasteiger partial charge on any atom is 0.253 e. The summed E-state index contributed by atoms with van der Waals surface area (Å²) < 4.78 is 0. The Hall–Kier alpha value is -3.11. The van der Waals surface area contributed by atoms with E-state index in [9.17, 15) is 9.59 Å². The van der Waals surface area contributed by atoms with Gasteiger partial charge in [0.05, 0.1) is 5.92 Å². The molecule has 4 rings (SSSR count). The largest absolute Gasteiger partial charge is 0.337 e. The van der Waals surface area contributed by atoms with Gasteiger partial charge in [0.2, 0.25) is 5.91 Å². The third kappa shape index (κ3) is 4.71. The second-order valence-electron chi connectivity index (χ2n) is 7.61. The van der Waals surface area contributed by atoms with Crippen molar-refractivity contribution in [1.82, 2.24) is 4.90 Å². The maximum absolute atomic E-state index is 13.2. The Balaban J connectivity index is 1.57. The summed E-state index contributed by atoms with van der Waals surface area (Å²) in [5, 5.41) is 3.59. The predicted octanol–water partition coefficient (Wildman–Crippen LogP) is 5.22. The van der Waals surface area contributed by atoms with Crippen LogP contribution >= 0.6 is 11.6 Å². The molecule has 0 aromatic heterocycles. The molecular weight excluding hydrogens is 396 g/mol. The van der Waals surface area contributed by atoms with E-state index in [1.807, 2.05) is 48.5 Å². The number of likely N-dealkylation sites (tertiary alicyclic amines) is 1. The van der Waals surface area contributed by atoms with E-state index in [2.05, 4.69) is 17.4 Å². The van der Waals surface area contributed by atoms with Crippen LogP contribution in [0.1, 0.15) is 28.3 Å². The summed E-state index contributed by atoms with van der Waals surface area (Å²) in [6, 6.07) is 26.4. The number of rotatable bonds is 4. The molecule has 3 aromatic rings. The lowest BCUT2D eigenvalue weighted by Crippen LogP contribution is -2.46. The van der Waals surface area contributed by atoms with Crippen molar-refractivity contribution in [2.24, 2.45) is 5.92 Å². The molecule has 1 aliphatic heterocycles. The van der Waals surface area contributed by atoms with Gasteiger partial charge in [-0.25, -0.2) is 0 Å². The minimum atomic E-state index is -0.291. The third-order valence-corrected chi connectivity index (χ3v) is 5.76. The van der Waals surface area contributed by atoms with Gasteiger partial charge < -0.3 is 10.2 Å². The Labute approximate surface area is 181 Å². The zero-order valence-corrected chi connectivity index (χ0v) is 17.3. The van der Waals surface area contributed by atoms with Gasteiger partial charge in [-0.1, -0.05) is 60.1 Å². The molecule has 2 atom stereocenters. The summed E-state index contributed by atoms with van der Waals surface area (Å²) in [5.74, 6) is -0.330. The van der Waals surface area contributed by atoms with E-state index >= 15 is 0 Å². The Kier molecular flexibility index (Phi) is 6.15. The van der Waals surface area contributed by atoms with E-state index in [0.29, 0.717) is 30.1 Å². The quantitative estimate of drug-likeness (QED) is 0.631. The molecule has 1 fully saturated rings. The number of hydrogen-bond donors (Lipinski definition) is 1. The second-order valence-corrected chi connectivity index (χ2v) is 8.05. The molecule has 0 spiro atoms. The fourth-order valence-corrected chi connectivity index (χ4v) is 4.09. The lowest BCUT2D eigenvalue weighted by Gasteiger charge is -2.37. The van der Waals surface area contributed by atoms with Gasteiger partial charge in [-0.15, -0.1) is 0 Å². The van der Waals surface area contributed by atoms with Crippen LogP contribution in [-0.4, -0.2) is 29.8 Å². The number of amides is 2. The van der Waals surface area contributed by atoms with Crippen LogP contribution in [0.2, 0.25) is 5.02 Å². The first-order valence-electron chi connectivity index (χ1n) is 10.1. The molecule has 152 valence electrons. The first kappa shape index (κ1) is 20.2. The normalized spacial score (nSPS) is 18.6. The Bertz CT molecular complexity index is 1010. The van der Waals surface area contributed by atoms with Gasteiger partial charge in [-0.05, 0) is 48.4 Å². The summed E-state index contributed by atoms with van der Waals surface area (Å²) in [7, 11) is 0. The molecule has 1 aliphatic rings. The van der Waals surface area contributed by atoms with E-state index in [-0.39, 0.29) is 23.7 Å². The number of nitrogens with zero attached hydrogens (tertiary/aromatic N) is 1. The fourth-order valence-electron chi connectivity index (χ4n) is 3.96. The van der Waals surface area contributed by atoms with Crippen LogP contribution in [0.4, 0.5) is 5.69 Å². The Morgan fingerprint density at radius 2 is 1.47 bits per heavy atom. The van der Waals surface area contributed by atoms with Crippen LogP contribution in [0.3, 0.4) is 0 Å². The zero-order valence-electron chi connectivity index (χ0n) is 16.5. The molecule has 0 saturated carbocycles. The molecule has 0 radical (unpaired) electrons. The monoisotopic (exact) mass is 418 g/mol. The molecule has 5 heteroatoms. The van der Waals surface area contributed by atoms with Crippen molar-refractivity contribution in [3.8, 4) is 0 Å². The number of carbonyl (C=O) groups is 2. The lowest BCUT2D eigenvalue weighted by molar-refractivity contribution is -0.121. The highest BCUT2D eigenvalue weighted by molar-refractivity contribution is 6.30. The second kappa shape index (κ2) is 9.14. The SMILES string of the molecule is O=C(Nc1ccccc1)[C@@H]1C[C@@H](c2ccccc2)CN(C(=O)c2ccc(Cl)cc2)C1. The molecule has 2 amide bonds. The predicted molar refractivity (Wildman–Crippen MR) is 120 cm³/mol. The minimum Gasteiger partial charge on any atom is -0.337 e. The van der Waals surface area contributed by atoms with Crippen LogP contribution < -0.4 is 5.32 Å². The lowest BCUT2D eigenvalue weighted by atomic mass is 9.83. The molecular formula is C25H23ClN2O2. The van der Waals surface area contributed by atoms with Gasteiger partial charge in [0, 0.05) is 35.3 Å². The Morgan fingerprint density at radius 3 is 2.13 bits per heavy atom. The average Bonchev–Trinajstić information content (AvgIpc) is 2.80. The number of para-hydroxylation sites is 1. The van der Waals surface area contributed by atoms with Gasteiger partial charge in [0.1, 0.15) is 0 Å². The average molecular weight is 419 g/mol. The highest BCUT2D eigenvalue weighted by Gasteiger charge is 2.34. The number of anilines is 1. The van der Waals surface area contributed by atoms with Gasteiger partial charge in [-0.3, -0.25) is 9.59 Å². The fraction of sp³-hybridized carbons (Fsp3) is 0.200. The van der Waals surface area contributed by atoms with Crippen LogP contribution in [-0.2, 0) is 4.79 Å². The molecule has 0 unspecified atom stereocenters. The van der Waals surface area contributed by atoms with Crippen molar-refractivity contribution < 1.29 is 9.59 Å². The maximum atomic E-state index is 13.2. The molecule has 1 N–H and O–H groups in total. The van der Waals surface area contributed by atoms with Gasteiger partial charge >= 0.3 is 0 Å². The number of carbonyl (C=O) groups excluding carboxylic acids is 2. The topological polar surface area (TPSA) is 49.4 Å². The molecule has 3 aromatic carbocycles. The molecule has 30 heavy (non-hydrogen) atoms. The summed E-state index contributed by atoms with van der Waals surface area (Å²) in [5.41, 5.74) is 2.49. The van der Waals surface area contributed by atoms with Crippen LogP contribution in [0.25, 0.3) is 0 Å². The summed E-state index contributed by atoms with van der Waals surface area (Å²) in [4.78, 5) is 28.0. The van der Waals surface area contributed by atoms with E-state index in [0.717, 1.165) is 11.3 Å². The minimum absolute atomic E-state index is 0.0595. The highest BCUT2D eigenvalue weighted by Crippen LogP contribution is 2.32. The van der Waals surface area contributed by atoms with Gasteiger partial charge in [0.15, 0.2) is 0 Å². The van der Waals surface area contributed by atoms with Gasteiger partial charge in [0.25, 0.3) is 5.91 Å². The van der Waals surface area contributed by atoms with Crippen molar-refractivity contribution in [3.05, 3.63) is 101 Å². The van der Waals surface area contributed by atoms with Crippen LogP contribution in [0, 0.1) is 5.92 Å². The third-order valence-electron chi connectivity index (χ3n) is 5.51. The summed E-state index contributed by atoms with van der Waals surface area (Å²) in [6.45, 7) is 0.976. The first-order valence-corrected chi connectivity index (χ1v) is 10.4. The van der Waals surface area contributed by atoms with Crippen molar-refractivity contribution in [3.63, 3.8) is 0 Å². The Morgan fingerprint density at radius 1 is 0.833 bits per heavy atom. The standard InChI is InChI=1S/C25H23ClN2O2/c26-22-13-11-19(12-14-22)25(30)28-16-20(18-7-3-1-4-8-18)15-21(17-28)24(29)27-23-9-5-2-6-10-23/h1-14,20-21H,15-17H2,(H,27,29)/t20-,21-/m1/s1. The number of hydrogen-bond acceptors (Lipinski definition) is 2. The number of halogens is 1. The summed E-state index contributed by atoms with van der Waals surface area (Å²) >= 11 is 5.97. The van der Waals surface area contributed by atoms with Crippen molar-refractivity contribution in [2.75, 3.05) is 18.4 Å². The summed E-state index contributed by atoms with van der Waals surface area (Å²) in [6.07, 6.45) is 0.701. The van der Waals surface area contributed by atoms with E-state index in [1.54, 1.807) is 29.2 Å². The molecule has 0 bridgehead atoms. The number of benzene rings is 3. The van der Waals surface area contributed by atoms with Crippen molar-refractivity contribution in [1.29, 1.82) is 0 Å². The number of nitrogens with one attached hydrogen (secondary N) is 1. The zero-order chi connectivity index (χ0) is 20.9. The molecule has 0 aliphatic carbocycles. The smallest absolute Gasteiger partial charge is 0.253 e. The van der Waals surface area contributed by atoms with Crippen molar-refractivity contribution in [2.45, 2.75) is 12.3 Å². The first-order chi connectivity index (χ1) is 14.6. The van der Waals surface area contributed by atoms with E-state index < -0.39 is 0 Å². The van der Waals surface area contributed by atoms with E-state index in [4.69, 9.17) is 11.6 Å². The van der Waals surface area contributed by atoms with Gasteiger partial charge in [-0.2, -0.15) is 0 Å². The molecule has 4 nitrogen and oxygen atoms in total. The highest BCUT2D eigenvalue weighted by atomic mass is 35.5. The molecule has 1 heterocycles.